The van der Waals surface area contributed by atoms with Crippen molar-refractivity contribution in [3.63, 3.8) is 0 Å². The minimum atomic E-state index is -1.64. The Bertz CT molecular complexity index is 166. The second-order valence-corrected chi connectivity index (χ2v) is 5.85. The van der Waals surface area contributed by atoms with Crippen LogP contribution in [0, 0.1) is 0 Å². The third-order valence-electron chi connectivity index (χ3n) is 3.21. The van der Waals surface area contributed by atoms with Crippen molar-refractivity contribution >= 4 is 12.6 Å². The normalized spacial score (nSPS) is 13.9. The highest BCUT2D eigenvalue weighted by Gasteiger charge is 2.24. The Hall–Kier alpha value is 0.270. The molecule has 0 aromatic rings. The van der Waals surface area contributed by atoms with Crippen molar-refractivity contribution in [3.05, 3.63) is 0 Å². The second-order valence-electron chi connectivity index (χ2n) is 5.23. The molecule has 0 aliphatic carbocycles. The predicted molar refractivity (Wildman–Crippen MR) is 77.5 cm³/mol. The minimum Gasteiger partial charge on any atom is -0.365 e. The summed E-state index contributed by atoms with van der Waals surface area (Å²) in [5.41, 5.74) is 0. The molecular formula is C14H30O2S. The molecule has 3 heteroatoms. The summed E-state index contributed by atoms with van der Waals surface area (Å²) in [7, 11) is 0. The number of thiol groups is 1. The van der Waals surface area contributed by atoms with Crippen LogP contribution >= 0.6 is 12.6 Å². The van der Waals surface area contributed by atoms with Gasteiger partial charge in [0.25, 0.3) is 0 Å². The third kappa shape index (κ3) is 11.1. The van der Waals surface area contributed by atoms with E-state index in [-0.39, 0.29) is 5.25 Å². The molecule has 0 bridgehead atoms. The summed E-state index contributed by atoms with van der Waals surface area (Å²) in [5.74, 6) is -1.64. The summed E-state index contributed by atoms with van der Waals surface area (Å²) < 4.78 is 0. The summed E-state index contributed by atoms with van der Waals surface area (Å²) in [6.07, 6.45) is 12.4. The van der Waals surface area contributed by atoms with Gasteiger partial charge in [-0.05, 0) is 13.3 Å². The van der Waals surface area contributed by atoms with Gasteiger partial charge in [0.1, 0.15) is 0 Å². The Morgan fingerprint density at radius 3 is 1.71 bits per heavy atom. The van der Waals surface area contributed by atoms with E-state index in [9.17, 15) is 10.2 Å². The van der Waals surface area contributed by atoms with E-state index in [4.69, 9.17) is 0 Å². The monoisotopic (exact) mass is 262 g/mol. The van der Waals surface area contributed by atoms with Gasteiger partial charge in [0.2, 0.25) is 0 Å². The number of rotatable bonds is 11. The van der Waals surface area contributed by atoms with Crippen LogP contribution in [0.1, 0.15) is 78.1 Å². The number of unbranched alkanes of at least 4 members (excludes halogenated alkanes) is 8. The fraction of sp³-hybridized carbons (Fsp3) is 1.00. The highest BCUT2D eigenvalue weighted by atomic mass is 32.1. The fourth-order valence-corrected chi connectivity index (χ4v) is 2.10. The van der Waals surface area contributed by atoms with Crippen molar-refractivity contribution in [1.29, 1.82) is 0 Å². The van der Waals surface area contributed by atoms with Crippen LogP contribution in [0.4, 0.5) is 0 Å². The van der Waals surface area contributed by atoms with Crippen molar-refractivity contribution < 1.29 is 10.2 Å². The van der Waals surface area contributed by atoms with Crippen LogP contribution in [0.3, 0.4) is 0 Å². The Morgan fingerprint density at radius 1 is 0.882 bits per heavy atom. The standard InChI is InChI=1S/C14H30O2S/c1-3-4-5-6-7-8-9-10-11-12-13(17)14(2,15)16/h13,15-17H,3-12H2,1-2H3. The fourth-order valence-electron chi connectivity index (χ4n) is 1.92. The predicted octanol–water partition coefficient (Wildman–Crippen LogP) is 3.91. The second kappa shape index (κ2) is 10.2. The molecule has 0 aromatic heterocycles. The maximum Gasteiger partial charge on any atom is 0.171 e. The molecule has 0 aliphatic rings. The smallest absolute Gasteiger partial charge is 0.171 e. The summed E-state index contributed by atoms with van der Waals surface area (Å²) >= 11 is 4.19. The summed E-state index contributed by atoms with van der Waals surface area (Å²) in [4.78, 5) is 0. The molecule has 0 aromatic carbocycles. The molecule has 0 saturated heterocycles. The van der Waals surface area contributed by atoms with Crippen molar-refractivity contribution in [2.45, 2.75) is 89.1 Å². The molecule has 17 heavy (non-hydrogen) atoms. The zero-order chi connectivity index (χ0) is 13.1. The Labute approximate surface area is 112 Å². The summed E-state index contributed by atoms with van der Waals surface area (Å²) in [6, 6.07) is 0. The first-order chi connectivity index (χ1) is 7.98. The van der Waals surface area contributed by atoms with Gasteiger partial charge in [-0.3, -0.25) is 0 Å². The van der Waals surface area contributed by atoms with Crippen LogP contribution < -0.4 is 0 Å². The Balaban J connectivity index is 3.19. The molecule has 2 N–H and O–H groups in total. The highest BCUT2D eigenvalue weighted by molar-refractivity contribution is 7.81. The molecule has 1 atom stereocenters. The number of hydrogen-bond acceptors (Lipinski definition) is 3. The average molecular weight is 262 g/mol. The maximum absolute atomic E-state index is 9.29. The van der Waals surface area contributed by atoms with Crippen molar-refractivity contribution in [1.82, 2.24) is 0 Å². The molecular weight excluding hydrogens is 232 g/mol. The molecule has 0 amide bonds. The average Bonchev–Trinajstić information content (AvgIpc) is 2.25. The van der Waals surface area contributed by atoms with Crippen LogP contribution in [0.5, 0.6) is 0 Å². The van der Waals surface area contributed by atoms with E-state index >= 15 is 0 Å². The Kier molecular flexibility index (Phi) is 10.4. The number of hydrogen-bond donors (Lipinski definition) is 3. The largest absolute Gasteiger partial charge is 0.365 e. The van der Waals surface area contributed by atoms with E-state index in [2.05, 4.69) is 19.6 Å². The van der Waals surface area contributed by atoms with Gasteiger partial charge in [-0.1, -0.05) is 64.7 Å². The maximum atomic E-state index is 9.29. The van der Waals surface area contributed by atoms with Crippen LogP contribution in [-0.4, -0.2) is 21.3 Å². The van der Waals surface area contributed by atoms with Crippen LogP contribution in [0.2, 0.25) is 0 Å². The van der Waals surface area contributed by atoms with Gasteiger partial charge in [-0.15, -0.1) is 0 Å². The molecule has 0 saturated carbocycles. The first kappa shape index (κ1) is 17.3. The van der Waals surface area contributed by atoms with Gasteiger partial charge in [-0.25, -0.2) is 0 Å². The topological polar surface area (TPSA) is 40.5 Å². The summed E-state index contributed by atoms with van der Waals surface area (Å²) in [6.45, 7) is 3.64. The van der Waals surface area contributed by atoms with Crippen LogP contribution in [0.25, 0.3) is 0 Å². The quantitative estimate of drug-likeness (QED) is 0.300. The molecule has 104 valence electrons. The molecule has 2 nitrogen and oxygen atoms in total. The number of aliphatic hydroxyl groups is 2. The third-order valence-corrected chi connectivity index (χ3v) is 3.96. The van der Waals surface area contributed by atoms with Gasteiger partial charge >= 0.3 is 0 Å². The first-order valence-corrected chi connectivity index (χ1v) is 7.63. The lowest BCUT2D eigenvalue weighted by atomic mass is 10.0. The van der Waals surface area contributed by atoms with Crippen molar-refractivity contribution in [2.75, 3.05) is 0 Å². The van der Waals surface area contributed by atoms with E-state index < -0.39 is 5.79 Å². The summed E-state index contributed by atoms with van der Waals surface area (Å²) in [5, 5.41) is 18.3. The van der Waals surface area contributed by atoms with E-state index in [1.807, 2.05) is 0 Å². The molecule has 0 heterocycles. The van der Waals surface area contributed by atoms with Crippen LogP contribution in [-0.2, 0) is 0 Å². The van der Waals surface area contributed by atoms with Crippen molar-refractivity contribution in [3.8, 4) is 0 Å². The zero-order valence-corrected chi connectivity index (χ0v) is 12.4. The molecule has 0 spiro atoms. The van der Waals surface area contributed by atoms with E-state index in [0.717, 1.165) is 12.8 Å². The van der Waals surface area contributed by atoms with Gasteiger partial charge in [0.05, 0.1) is 5.25 Å². The molecule has 0 fully saturated rings. The lowest BCUT2D eigenvalue weighted by molar-refractivity contribution is -0.144. The molecule has 1 unspecified atom stereocenters. The lowest BCUT2D eigenvalue weighted by Crippen LogP contribution is -2.34. The van der Waals surface area contributed by atoms with E-state index in [1.54, 1.807) is 0 Å². The van der Waals surface area contributed by atoms with Gasteiger partial charge < -0.3 is 10.2 Å². The van der Waals surface area contributed by atoms with Gasteiger partial charge in [-0.2, -0.15) is 12.6 Å². The zero-order valence-electron chi connectivity index (χ0n) is 11.5. The van der Waals surface area contributed by atoms with Crippen molar-refractivity contribution in [2.24, 2.45) is 0 Å². The highest BCUT2D eigenvalue weighted by Crippen LogP contribution is 2.19. The van der Waals surface area contributed by atoms with Crippen LogP contribution in [0.15, 0.2) is 0 Å². The van der Waals surface area contributed by atoms with E-state index in [0.29, 0.717) is 0 Å². The molecule has 0 radical (unpaired) electrons. The minimum absolute atomic E-state index is 0.327. The lowest BCUT2D eigenvalue weighted by Gasteiger charge is -2.23. The Morgan fingerprint density at radius 2 is 1.29 bits per heavy atom. The SMILES string of the molecule is CCCCCCCCCCCC(S)C(C)(O)O. The molecule has 0 rings (SSSR count). The first-order valence-electron chi connectivity index (χ1n) is 7.11. The van der Waals surface area contributed by atoms with E-state index in [1.165, 1.54) is 58.3 Å². The van der Waals surface area contributed by atoms with Gasteiger partial charge in [0, 0.05) is 0 Å². The van der Waals surface area contributed by atoms with Gasteiger partial charge in [0.15, 0.2) is 5.79 Å². The molecule has 0 aliphatic heterocycles.